The summed E-state index contributed by atoms with van der Waals surface area (Å²) >= 11 is 0. The molecule has 0 aromatic rings. The number of ether oxygens (including phenoxy) is 4. The van der Waals surface area contributed by atoms with Gasteiger partial charge in [-0.05, 0) is 37.5 Å². The number of rotatable bonds is 77. The third-order valence-corrected chi connectivity index (χ3v) is 20.1. The van der Waals surface area contributed by atoms with Gasteiger partial charge in [0.15, 0.2) is 12.2 Å². The lowest BCUT2D eigenvalue weighted by molar-refractivity contribution is -0.161. The van der Waals surface area contributed by atoms with Crippen molar-refractivity contribution >= 4 is 39.5 Å². The first kappa shape index (κ1) is 95.1. The van der Waals surface area contributed by atoms with Crippen LogP contribution in [0.5, 0.6) is 0 Å². The summed E-state index contributed by atoms with van der Waals surface area (Å²) in [5, 5.41) is 10.6. The Hall–Kier alpha value is -1.94. The monoisotopic (exact) mass is 1420 g/mol. The van der Waals surface area contributed by atoms with E-state index in [9.17, 15) is 43.2 Å². The van der Waals surface area contributed by atoms with Crippen molar-refractivity contribution in [3.63, 3.8) is 0 Å². The van der Waals surface area contributed by atoms with Gasteiger partial charge < -0.3 is 33.8 Å². The van der Waals surface area contributed by atoms with Crippen LogP contribution in [0, 0.1) is 11.8 Å². The Balaban J connectivity index is 5.19. The molecule has 2 unspecified atom stereocenters. The van der Waals surface area contributed by atoms with Gasteiger partial charge in [-0.15, -0.1) is 0 Å². The number of phosphoric ester groups is 2. The van der Waals surface area contributed by atoms with E-state index in [2.05, 4.69) is 41.5 Å². The molecule has 0 heterocycles. The largest absolute Gasteiger partial charge is 0.472 e. The van der Waals surface area contributed by atoms with Crippen molar-refractivity contribution in [2.75, 3.05) is 39.6 Å². The first-order valence-electron chi connectivity index (χ1n) is 40.5. The zero-order valence-electron chi connectivity index (χ0n) is 63.4. The maximum Gasteiger partial charge on any atom is 0.472 e. The Labute approximate surface area is 594 Å². The van der Waals surface area contributed by atoms with Gasteiger partial charge in [0.2, 0.25) is 0 Å². The minimum absolute atomic E-state index is 0.103. The molecule has 0 aliphatic heterocycles. The number of phosphoric acid groups is 2. The Morgan fingerprint density at radius 3 is 0.701 bits per heavy atom. The maximum absolute atomic E-state index is 13.1. The van der Waals surface area contributed by atoms with E-state index in [1.807, 2.05) is 0 Å². The Kier molecular flexibility index (Phi) is 68.4. The molecule has 3 N–H and O–H groups in total. The summed E-state index contributed by atoms with van der Waals surface area (Å²) in [4.78, 5) is 72.8. The second kappa shape index (κ2) is 69.8. The quantitative estimate of drug-likeness (QED) is 0.0222. The Morgan fingerprint density at radius 2 is 0.474 bits per heavy atom. The summed E-state index contributed by atoms with van der Waals surface area (Å²) in [6.07, 6.45) is 58.6. The molecule has 0 saturated carbocycles. The predicted molar refractivity (Wildman–Crippen MR) is 395 cm³/mol. The summed E-state index contributed by atoms with van der Waals surface area (Å²) in [5.41, 5.74) is 0. The summed E-state index contributed by atoms with van der Waals surface area (Å²) < 4.78 is 68.5. The average Bonchev–Trinajstić information content (AvgIpc) is 1.12. The van der Waals surface area contributed by atoms with Gasteiger partial charge in [-0.2, -0.15) is 0 Å². The molecule has 0 radical (unpaired) electrons. The molecule has 0 bridgehead atoms. The van der Waals surface area contributed by atoms with Gasteiger partial charge in [0, 0.05) is 25.7 Å². The van der Waals surface area contributed by atoms with Gasteiger partial charge >= 0.3 is 39.5 Å². The number of hydrogen-bond donors (Lipinski definition) is 3. The van der Waals surface area contributed by atoms with Gasteiger partial charge in [-0.1, -0.05) is 356 Å². The van der Waals surface area contributed by atoms with Crippen molar-refractivity contribution in [2.24, 2.45) is 11.8 Å². The molecule has 576 valence electrons. The molecule has 19 heteroatoms. The summed E-state index contributed by atoms with van der Waals surface area (Å²) in [6, 6.07) is 0. The minimum atomic E-state index is -4.96. The van der Waals surface area contributed by atoms with E-state index in [1.165, 1.54) is 218 Å². The third-order valence-electron chi connectivity index (χ3n) is 18.2. The van der Waals surface area contributed by atoms with Crippen molar-refractivity contribution in [1.82, 2.24) is 0 Å². The second-order valence-corrected chi connectivity index (χ2v) is 32.0. The average molecular weight is 1420 g/mol. The van der Waals surface area contributed by atoms with Crippen LogP contribution in [0.15, 0.2) is 0 Å². The van der Waals surface area contributed by atoms with Gasteiger partial charge in [0.25, 0.3) is 0 Å². The SMILES string of the molecule is CCCCCCCCCCCCCCCCCCCCCCCC(=O)O[C@H](COC(=O)CCCCCCCCCCCCCCCCCC)COP(=O)(O)OC[C@@H](O)COP(=O)(O)OC[C@@H](COC(=O)CCCCCCCCCC(C)C)OC(=O)CCCCCCCCCC(C)C. The van der Waals surface area contributed by atoms with Crippen LogP contribution in [0.2, 0.25) is 0 Å². The van der Waals surface area contributed by atoms with Crippen LogP contribution in [-0.4, -0.2) is 96.7 Å². The van der Waals surface area contributed by atoms with Crippen LogP contribution in [0.25, 0.3) is 0 Å². The first-order chi connectivity index (χ1) is 46.9. The molecule has 0 aromatic carbocycles. The van der Waals surface area contributed by atoms with E-state index in [0.29, 0.717) is 37.5 Å². The fourth-order valence-corrected chi connectivity index (χ4v) is 13.6. The van der Waals surface area contributed by atoms with E-state index in [4.69, 9.17) is 37.0 Å². The van der Waals surface area contributed by atoms with Crippen molar-refractivity contribution < 1.29 is 80.2 Å². The molecule has 0 aliphatic carbocycles. The van der Waals surface area contributed by atoms with Gasteiger partial charge in [-0.3, -0.25) is 37.3 Å². The number of aliphatic hydroxyl groups is 1. The molecule has 5 atom stereocenters. The molecule has 0 aliphatic rings. The number of unbranched alkanes of at least 4 members (excludes halogenated alkanes) is 47. The smallest absolute Gasteiger partial charge is 0.462 e. The molecule has 0 saturated heterocycles. The normalized spacial score (nSPS) is 14.0. The van der Waals surface area contributed by atoms with E-state index in [-0.39, 0.29) is 25.7 Å². The Bertz CT molecular complexity index is 1870. The number of aliphatic hydroxyl groups excluding tert-OH is 1. The van der Waals surface area contributed by atoms with Gasteiger partial charge in [0.05, 0.1) is 26.4 Å². The van der Waals surface area contributed by atoms with Crippen molar-refractivity contribution in [2.45, 2.75) is 426 Å². The molecule has 0 fully saturated rings. The predicted octanol–water partition coefficient (Wildman–Crippen LogP) is 23.1. The lowest BCUT2D eigenvalue weighted by Gasteiger charge is -2.21. The van der Waals surface area contributed by atoms with Crippen LogP contribution in [0.1, 0.15) is 408 Å². The van der Waals surface area contributed by atoms with Crippen molar-refractivity contribution in [1.29, 1.82) is 0 Å². The maximum atomic E-state index is 13.1. The van der Waals surface area contributed by atoms with Crippen LogP contribution >= 0.6 is 15.6 Å². The van der Waals surface area contributed by atoms with Crippen LogP contribution in [0.3, 0.4) is 0 Å². The molecular formula is C78H152O17P2. The van der Waals surface area contributed by atoms with Gasteiger partial charge in [-0.25, -0.2) is 9.13 Å². The molecule has 0 rings (SSSR count). The molecule has 17 nitrogen and oxygen atoms in total. The number of esters is 4. The fourth-order valence-electron chi connectivity index (χ4n) is 12.0. The standard InChI is InChI=1S/C78H152O17P2/c1-7-9-11-13-15-17-19-21-23-25-26-27-28-29-31-33-35-37-43-50-56-62-77(82)94-73(66-88-75(80)60-54-48-42-36-34-32-30-24-22-20-18-16-14-12-10-8-2)68-92-96(84,85)90-64-72(79)65-91-97(86,87)93-69-74(95-78(83)63-57-51-45-39-41-47-53-59-71(5)6)67-89-76(81)61-55-49-44-38-40-46-52-58-70(3)4/h70-74,79H,7-69H2,1-6H3,(H,84,85)(H,86,87)/t72-,73-,74-/m1/s1. The summed E-state index contributed by atoms with van der Waals surface area (Å²) in [7, 11) is -9.91. The molecule has 0 aromatic heterocycles. The second-order valence-electron chi connectivity index (χ2n) is 29.1. The number of hydrogen-bond acceptors (Lipinski definition) is 15. The van der Waals surface area contributed by atoms with E-state index >= 15 is 0 Å². The highest BCUT2D eigenvalue weighted by molar-refractivity contribution is 7.47. The van der Waals surface area contributed by atoms with Crippen LogP contribution in [0.4, 0.5) is 0 Å². The molecule has 0 spiro atoms. The minimum Gasteiger partial charge on any atom is -0.462 e. The van der Waals surface area contributed by atoms with Crippen LogP contribution in [-0.2, 0) is 65.4 Å². The highest BCUT2D eigenvalue weighted by atomic mass is 31.2. The van der Waals surface area contributed by atoms with E-state index in [1.54, 1.807) is 0 Å². The fraction of sp³-hybridized carbons (Fsp3) is 0.949. The van der Waals surface area contributed by atoms with E-state index in [0.717, 1.165) is 96.3 Å². The zero-order valence-corrected chi connectivity index (χ0v) is 65.2. The van der Waals surface area contributed by atoms with Gasteiger partial charge in [0.1, 0.15) is 19.3 Å². The number of carbonyl (C=O) groups excluding carboxylic acids is 4. The topological polar surface area (TPSA) is 237 Å². The lowest BCUT2D eigenvalue weighted by Crippen LogP contribution is -2.30. The lowest BCUT2D eigenvalue weighted by atomic mass is 10.0. The molecule has 0 amide bonds. The highest BCUT2D eigenvalue weighted by Crippen LogP contribution is 2.45. The third kappa shape index (κ3) is 72.2. The Morgan fingerprint density at radius 1 is 0.278 bits per heavy atom. The van der Waals surface area contributed by atoms with E-state index < -0.39 is 97.5 Å². The van der Waals surface area contributed by atoms with Crippen molar-refractivity contribution in [3.05, 3.63) is 0 Å². The first-order valence-corrected chi connectivity index (χ1v) is 43.5. The highest BCUT2D eigenvalue weighted by Gasteiger charge is 2.30. The number of carbonyl (C=O) groups is 4. The molecular weight excluding hydrogens is 1270 g/mol. The van der Waals surface area contributed by atoms with Crippen molar-refractivity contribution in [3.8, 4) is 0 Å². The summed E-state index contributed by atoms with van der Waals surface area (Å²) in [6.45, 7) is 9.48. The molecule has 97 heavy (non-hydrogen) atoms. The van der Waals surface area contributed by atoms with Crippen LogP contribution < -0.4 is 0 Å². The summed E-state index contributed by atoms with van der Waals surface area (Å²) in [5.74, 6) is -0.717. The zero-order chi connectivity index (χ0) is 71.4.